The third kappa shape index (κ3) is 2.95. The number of aliphatic hydroxyl groups is 1. The Bertz CT molecular complexity index is 605. The number of nitrogens with one attached hydrogen (secondary N) is 1. The fraction of sp³-hybridized carbons (Fsp3) is 0.231. The maximum atomic E-state index is 11.1. The van der Waals surface area contributed by atoms with Crippen LogP contribution in [0.25, 0.3) is 11.0 Å². The Balaban J connectivity index is 2.10. The maximum Gasteiger partial charge on any atom is 0.336 e. The molecule has 0 unspecified atom stereocenters. The van der Waals surface area contributed by atoms with E-state index in [0.29, 0.717) is 24.4 Å². The molecule has 0 saturated heterocycles. The lowest BCUT2D eigenvalue weighted by Crippen LogP contribution is -2.12. The van der Waals surface area contributed by atoms with Crippen molar-refractivity contribution >= 4 is 17.2 Å². The van der Waals surface area contributed by atoms with Gasteiger partial charge in [0.25, 0.3) is 0 Å². The van der Waals surface area contributed by atoms with Gasteiger partial charge in [0.05, 0.1) is 12.7 Å². The van der Waals surface area contributed by atoms with Gasteiger partial charge in [-0.3, -0.25) is 0 Å². The summed E-state index contributed by atoms with van der Waals surface area (Å²) in [4.78, 5) is 11.1. The third-order valence-corrected chi connectivity index (χ3v) is 2.47. The predicted molar refractivity (Wildman–Crippen MR) is 67.4 cm³/mol. The minimum absolute atomic E-state index is 0.291. The minimum Gasteiger partial charge on any atom is -0.493 e. The normalized spacial score (nSPS) is 12.3. The van der Waals surface area contributed by atoms with Gasteiger partial charge in [0.1, 0.15) is 11.3 Å². The summed E-state index contributed by atoms with van der Waals surface area (Å²) in [5.74, 6) is 0.564. The predicted octanol–water partition coefficient (Wildman–Crippen LogP) is 1.57. The van der Waals surface area contributed by atoms with E-state index in [-0.39, 0.29) is 0 Å². The molecular weight excluding hydrogens is 234 g/mol. The average Bonchev–Trinajstić information content (AvgIpc) is 2.38. The van der Waals surface area contributed by atoms with E-state index in [1.165, 1.54) is 6.07 Å². The van der Waals surface area contributed by atoms with Crippen LogP contribution >= 0.6 is 0 Å². The first kappa shape index (κ1) is 12.3. The second kappa shape index (κ2) is 5.46. The topological polar surface area (TPSA) is 83.5 Å². The van der Waals surface area contributed by atoms with Crippen LogP contribution in [0.2, 0.25) is 0 Å². The first-order valence-corrected chi connectivity index (χ1v) is 5.54. The molecule has 0 spiro atoms. The molecule has 18 heavy (non-hydrogen) atoms. The Morgan fingerprint density at radius 3 is 2.94 bits per heavy atom. The molecule has 0 saturated carbocycles. The van der Waals surface area contributed by atoms with Crippen LogP contribution in [0.5, 0.6) is 5.75 Å². The van der Waals surface area contributed by atoms with Gasteiger partial charge in [0.15, 0.2) is 0 Å². The smallest absolute Gasteiger partial charge is 0.336 e. The van der Waals surface area contributed by atoms with Crippen molar-refractivity contribution in [3.8, 4) is 5.75 Å². The molecule has 1 atom stereocenters. The van der Waals surface area contributed by atoms with Gasteiger partial charge in [0.2, 0.25) is 0 Å². The highest BCUT2D eigenvalue weighted by Crippen LogP contribution is 2.19. The Morgan fingerprint density at radius 1 is 1.39 bits per heavy atom. The van der Waals surface area contributed by atoms with Crippen LogP contribution in [0.15, 0.2) is 39.5 Å². The van der Waals surface area contributed by atoms with Gasteiger partial charge in [-0.2, -0.15) is 0 Å². The van der Waals surface area contributed by atoms with E-state index in [1.807, 2.05) is 0 Å². The van der Waals surface area contributed by atoms with Gasteiger partial charge in [-0.15, -0.1) is 0 Å². The molecule has 2 aromatic rings. The molecular formula is C13H13NO4. The van der Waals surface area contributed by atoms with E-state index < -0.39 is 11.7 Å². The summed E-state index contributed by atoms with van der Waals surface area (Å²) in [5.41, 5.74) is 0.0616. The standard InChI is InChI=1S/C13H13NO4/c14-8-10(15)5-6-17-11-3-1-9-2-4-13(16)18-12(9)7-11/h1-4,7-8,10,14-15H,5-6H2/t10-/m0/s1. The van der Waals surface area contributed by atoms with Gasteiger partial charge < -0.3 is 19.7 Å². The highest BCUT2D eigenvalue weighted by molar-refractivity contribution is 5.77. The molecule has 2 N–H and O–H groups in total. The monoisotopic (exact) mass is 247 g/mol. The maximum absolute atomic E-state index is 11.1. The molecule has 1 heterocycles. The van der Waals surface area contributed by atoms with Crippen molar-refractivity contribution < 1.29 is 14.3 Å². The largest absolute Gasteiger partial charge is 0.493 e. The summed E-state index contributed by atoms with van der Waals surface area (Å²) in [6, 6.07) is 8.24. The molecule has 1 aromatic heterocycles. The molecule has 0 fully saturated rings. The highest BCUT2D eigenvalue weighted by Gasteiger charge is 2.02. The number of benzene rings is 1. The van der Waals surface area contributed by atoms with E-state index in [0.717, 1.165) is 11.6 Å². The summed E-state index contributed by atoms with van der Waals surface area (Å²) in [5, 5.41) is 16.8. The second-order valence-electron chi connectivity index (χ2n) is 3.83. The molecule has 2 rings (SSSR count). The average molecular weight is 247 g/mol. The Labute approximate surface area is 103 Å². The molecule has 0 aliphatic rings. The van der Waals surface area contributed by atoms with Crippen LogP contribution in [0.3, 0.4) is 0 Å². The van der Waals surface area contributed by atoms with Crippen molar-refractivity contribution in [1.29, 1.82) is 5.41 Å². The van der Waals surface area contributed by atoms with Gasteiger partial charge in [-0.05, 0) is 18.2 Å². The zero-order valence-corrected chi connectivity index (χ0v) is 9.63. The molecule has 0 bridgehead atoms. The highest BCUT2D eigenvalue weighted by atomic mass is 16.5. The quantitative estimate of drug-likeness (QED) is 0.620. The molecule has 0 aliphatic heterocycles. The minimum atomic E-state index is -0.789. The third-order valence-electron chi connectivity index (χ3n) is 2.47. The number of ether oxygens (including phenoxy) is 1. The SMILES string of the molecule is N=C[C@@H](O)CCOc1ccc2ccc(=O)oc2c1. The molecule has 1 aromatic carbocycles. The van der Waals surface area contributed by atoms with E-state index in [4.69, 9.17) is 19.7 Å². The summed E-state index contributed by atoms with van der Waals surface area (Å²) in [6.45, 7) is 0.291. The van der Waals surface area contributed by atoms with E-state index in [1.54, 1.807) is 24.3 Å². The van der Waals surface area contributed by atoms with Crippen LogP contribution in [-0.4, -0.2) is 24.0 Å². The molecule has 0 amide bonds. The summed E-state index contributed by atoms with van der Waals surface area (Å²) in [7, 11) is 0. The van der Waals surface area contributed by atoms with Crippen LogP contribution in [0.1, 0.15) is 6.42 Å². The van der Waals surface area contributed by atoms with Gasteiger partial charge >= 0.3 is 5.63 Å². The molecule has 0 aliphatic carbocycles. The summed E-state index contributed by atoms with van der Waals surface area (Å²) in [6.07, 6.45) is 0.520. The van der Waals surface area contributed by atoms with Gasteiger partial charge in [0, 0.05) is 30.2 Å². The van der Waals surface area contributed by atoms with Gasteiger partial charge in [-0.25, -0.2) is 4.79 Å². The first-order valence-electron chi connectivity index (χ1n) is 5.54. The first-order chi connectivity index (χ1) is 8.69. The summed E-state index contributed by atoms with van der Waals surface area (Å²) >= 11 is 0. The van der Waals surface area contributed by atoms with Crippen molar-refractivity contribution in [3.05, 3.63) is 40.8 Å². The number of rotatable bonds is 5. The molecule has 5 heteroatoms. The molecule has 94 valence electrons. The van der Waals surface area contributed by atoms with Crippen molar-refractivity contribution in [3.63, 3.8) is 0 Å². The fourth-order valence-corrected chi connectivity index (χ4v) is 1.51. The lowest BCUT2D eigenvalue weighted by atomic mass is 10.2. The number of hydrogen-bond acceptors (Lipinski definition) is 5. The van der Waals surface area contributed by atoms with E-state index in [2.05, 4.69) is 0 Å². The number of fused-ring (bicyclic) bond motifs is 1. The second-order valence-corrected chi connectivity index (χ2v) is 3.83. The zero-order valence-electron chi connectivity index (χ0n) is 9.63. The zero-order chi connectivity index (χ0) is 13.0. The lowest BCUT2D eigenvalue weighted by Gasteiger charge is -2.08. The fourth-order valence-electron chi connectivity index (χ4n) is 1.51. The van der Waals surface area contributed by atoms with Crippen LogP contribution in [0.4, 0.5) is 0 Å². The van der Waals surface area contributed by atoms with E-state index >= 15 is 0 Å². The van der Waals surface area contributed by atoms with Crippen molar-refractivity contribution in [2.24, 2.45) is 0 Å². The van der Waals surface area contributed by atoms with Crippen molar-refractivity contribution in [1.82, 2.24) is 0 Å². The molecule has 0 radical (unpaired) electrons. The van der Waals surface area contributed by atoms with Crippen LogP contribution < -0.4 is 10.4 Å². The van der Waals surface area contributed by atoms with Crippen molar-refractivity contribution in [2.75, 3.05) is 6.61 Å². The van der Waals surface area contributed by atoms with Gasteiger partial charge in [-0.1, -0.05) is 0 Å². The number of aliphatic hydroxyl groups excluding tert-OH is 1. The van der Waals surface area contributed by atoms with E-state index in [9.17, 15) is 4.79 Å². The summed E-state index contributed by atoms with van der Waals surface area (Å²) < 4.78 is 10.4. The Kier molecular flexibility index (Phi) is 3.74. The van der Waals surface area contributed by atoms with Crippen molar-refractivity contribution in [2.45, 2.75) is 12.5 Å². The number of hydrogen-bond donors (Lipinski definition) is 2. The van der Waals surface area contributed by atoms with Crippen LogP contribution in [0, 0.1) is 5.41 Å². The van der Waals surface area contributed by atoms with Crippen LogP contribution in [-0.2, 0) is 0 Å². The molecule has 5 nitrogen and oxygen atoms in total. The lowest BCUT2D eigenvalue weighted by molar-refractivity contribution is 0.195. The Morgan fingerprint density at radius 2 is 2.17 bits per heavy atom. The Hall–Kier alpha value is -2.14.